The lowest BCUT2D eigenvalue weighted by Crippen LogP contribution is -2.40. The summed E-state index contributed by atoms with van der Waals surface area (Å²) in [6, 6.07) is 9.40. The van der Waals surface area contributed by atoms with E-state index in [0.717, 1.165) is 21.3 Å². The third-order valence-corrected chi connectivity index (χ3v) is 5.81. The second-order valence-corrected chi connectivity index (χ2v) is 8.39. The minimum atomic E-state index is -4.72. The SMILES string of the molecule is Cn1c(=O)n(CCO)c(=O)c2c1nc(Oc1ccc(Cl)c(C(F)(F)F)c1)n2Cc1ccc(Cl)cc1. The molecular weight excluding hydrogens is 512 g/mol. The molecule has 0 saturated carbocycles. The van der Waals surface area contributed by atoms with Gasteiger partial charge in [0.2, 0.25) is 0 Å². The van der Waals surface area contributed by atoms with Gasteiger partial charge in [-0.3, -0.25) is 18.5 Å². The highest BCUT2D eigenvalue weighted by molar-refractivity contribution is 6.31. The highest BCUT2D eigenvalue weighted by atomic mass is 35.5. The van der Waals surface area contributed by atoms with E-state index in [1.807, 2.05) is 0 Å². The molecule has 0 saturated heterocycles. The van der Waals surface area contributed by atoms with Gasteiger partial charge < -0.3 is 9.84 Å². The summed E-state index contributed by atoms with van der Waals surface area (Å²) in [5.41, 5.74) is -1.95. The summed E-state index contributed by atoms with van der Waals surface area (Å²) >= 11 is 11.6. The van der Waals surface area contributed by atoms with Crippen molar-refractivity contribution in [2.45, 2.75) is 19.3 Å². The van der Waals surface area contributed by atoms with Crippen LogP contribution in [0, 0.1) is 0 Å². The largest absolute Gasteiger partial charge is 0.425 e. The van der Waals surface area contributed by atoms with Crippen molar-refractivity contribution in [3.8, 4) is 11.8 Å². The van der Waals surface area contributed by atoms with Crippen LogP contribution in [-0.4, -0.2) is 30.4 Å². The molecular formula is C22H17Cl2F3N4O4. The normalized spacial score (nSPS) is 11.9. The number of aromatic nitrogens is 4. The van der Waals surface area contributed by atoms with Gasteiger partial charge in [0.1, 0.15) is 5.75 Å². The Hall–Kier alpha value is -3.28. The minimum absolute atomic E-state index is 0.0231. The monoisotopic (exact) mass is 528 g/mol. The predicted molar refractivity (Wildman–Crippen MR) is 123 cm³/mol. The van der Waals surface area contributed by atoms with Crippen LogP contribution in [0.3, 0.4) is 0 Å². The van der Waals surface area contributed by atoms with Crippen molar-refractivity contribution in [1.82, 2.24) is 18.7 Å². The van der Waals surface area contributed by atoms with Crippen molar-refractivity contribution in [1.29, 1.82) is 0 Å². The number of imidazole rings is 1. The molecule has 0 aliphatic rings. The molecule has 0 aliphatic heterocycles. The Morgan fingerprint density at radius 3 is 2.37 bits per heavy atom. The first-order valence-electron chi connectivity index (χ1n) is 10.1. The molecule has 2 aromatic carbocycles. The van der Waals surface area contributed by atoms with Crippen molar-refractivity contribution in [3.63, 3.8) is 0 Å². The number of aryl methyl sites for hydroxylation is 1. The molecule has 1 N–H and O–H groups in total. The van der Waals surface area contributed by atoms with Gasteiger partial charge in [-0.2, -0.15) is 18.2 Å². The molecule has 0 fully saturated rings. The maximum Gasteiger partial charge on any atom is 0.417 e. The van der Waals surface area contributed by atoms with Gasteiger partial charge in [0.15, 0.2) is 11.2 Å². The third-order valence-electron chi connectivity index (χ3n) is 5.23. The first-order valence-corrected chi connectivity index (χ1v) is 10.9. The second-order valence-electron chi connectivity index (χ2n) is 7.54. The maximum atomic E-state index is 13.3. The molecule has 4 rings (SSSR count). The van der Waals surface area contributed by atoms with Crippen LogP contribution in [-0.2, 0) is 26.3 Å². The van der Waals surface area contributed by atoms with Crippen LogP contribution >= 0.6 is 23.2 Å². The Balaban J connectivity index is 1.93. The van der Waals surface area contributed by atoms with E-state index in [0.29, 0.717) is 10.6 Å². The smallest absolute Gasteiger partial charge is 0.417 e. The van der Waals surface area contributed by atoms with Crippen molar-refractivity contribution in [3.05, 3.63) is 84.5 Å². The van der Waals surface area contributed by atoms with Gasteiger partial charge in [0, 0.05) is 12.1 Å². The zero-order valence-corrected chi connectivity index (χ0v) is 19.5. The second kappa shape index (κ2) is 9.40. The molecule has 0 atom stereocenters. The van der Waals surface area contributed by atoms with Gasteiger partial charge in [-0.25, -0.2) is 4.79 Å². The molecule has 13 heteroatoms. The molecule has 0 unspecified atom stereocenters. The van der Waals surface area contributed by atoms with Crippen LogP contribution in [0.2, 0.25) is 10.0 Å². The Kier molecular flexibility index (Phi) is 6.67. The van der Waals surface area contributed by atoms with E-state index in [1.54, 1.807) is 24.3 Å². The fourth-order valence-electron chi connectivity index (χ4n) is 3.54. The highest BCUT2D eigenvalue weighted by Gasteiger charge is 2.34. The Bertz CT molecular complexity index is 1530. The number of rotatable bonds is 6. The average molecular weight is 529 g/mol. The molecule has 2 heterocycles. The fraction of sp³-hybridized carbons (Fsp3) is 0.227. The summed E-state index contributed by atoms with van der Waals surface area (Å²) in [6.45, 7) is -0.689. The number of halogens is 5. The minimum Gasteiger partial charge on any atom is -0.425 e. The molecule has 0 aliphatic carbocycles. The zero-order valence-electron chi connectivity index (χ0n) is 18.0. The lowest BCUT2D eigenvalue weighted by atomic mass is 10.2. The molecule has 0 bridgehead atoms. The van der Waals surface area contributed by atoms with Crippen LogP contribution in [0.4, 0.5) is 13.2 Å². The average Bonchev–Trinajstić information content (AvgIpc) is 3.15. The van der Waals surface area contributed by atoms with E-state index >= 15 is 0 Å². The van der Waals surface area contributed by atoms with Crippen LogP contribution in [0.1, 0.15) is 11.1 Å². The molecule has 0 radical (unpaired) electrons. The topological polar surface area (TPSA) is 91.3 Å². The number of aliphatic hydroxyl groups excluding tert-OH is 1. The number of hydrogen-bond donors (Lipinski definition) is 1. The van der Waals surface area contributed by atoms with Gasteiger partial charge in [0.05, 0.1) is 30.3 Å². The molecule has 4 aromatic rings. The van der Waals surface area contributed by atoms with Crippen molar-refractivity contribution >= 4 is 34.4 Å². The maximum absolute atomic E-state index is 13.3. The van der Waals surface area contributed by atoms with E-state index in [4.69, 9.17) is 27.9 Å². The summed E-state index contributed by atoms with van der Waals surface area (Å²) in [6.07, 6.45) is -4.72. The molecule has 2 aromatic heterocycles. The summed E-state index contributed by atoms with van der Waals surface area (Å²) in [5, 5.41) is 9.28. The van der Waals surface area contributed by atoms with Crippen molar-refractivity contribution in [2.24, 2.45) is 7.05 Å². The number of ether oxygens (including phenoxy) is 1. The number of fused-ring (bicyclic) bond motifs is 1. The third kappa shape index (κ3) is 4.79. The van der Waals surface area contributed by atoms with E-state index in [-0.39, 0.29) is 36.0 Å². The Morgan fingerprint density at radius 1 is 1.06 bits per heavy atom. The lowest BCUT2D eigenvalue weighted by Gasteiger charge is -2.13. The van der Waals surface area contributed by atoms with Gasteiger partial charge in [-0.05, 0) is 35.9 Å². The van der Waals surface area contributed by atoms with Gasteiger partial charge in [-0.15, -0.1) is 0 Å². The van der Waals surface area contributed by atoms with Crippen molar-refractivity contribution < 1.29 is 23.0 Å². The highest BCUT2D eigenvalue weighted by Crippen LogP contribution is 2.38. The molecule has 0 amide bonds. The standard InChI is InChI=1S/C22H17Cl2F3N4O4/c1-29-18-17(19(33)30(8-9-32)21(29)34)31(11-12-2-4-13(23)5-3-12)20(28-18)35-14-6-7-16(24)15(10-14)22(25,26)27/h2-7,10,32H,8-9,11H2,1H3. The predicted octanol–water partition coefficient (Wildman–Crippen LogP) is 4.06. The van der Waals surface area contributed by atoms with E-state index in [9.17, 15) is 27.9 Å². The Morgan fingerprint density at radius 2 is 1.74 bits per heavy atom. The molecule has 0 spiro atoms. The van der Waals surface area contributed by atoms with Gasteiger partial charge in [-0.1, -0.05) is 35.3 Å². The molecule has 35 heavy (non-hydrogen) atoms. The number of nitrogens with zero attached hydrogens (tertiary/aromatic N) is 4. The van der Waals surface area contributed by atoms with E-state index in [2.05, 4.69) is 4.98 Å². The number of hydrogen-bond acceptors (Lipinski definition) is 5. The first-order chi connectivity index (χ1) is 16.5. The Labute approximate surface area is 205 Å². The summed E-state index contributed by atoms with van der Waals surface area (Å²) in [5.74, 6) is -0.227. The molecule has 184 valence electrons. The van der Waals surface area contributed by atoms with E-state index < -0.39 is 34.6 Å². The number of alkyl halides is 3. The fourth-order valence-corrected chi connectivity index (χ4v) is 3.89. The first kappa shape index (κ1) is 24.8. The summed E-state index contributed by atoms with van der Waals surface area (Å²) in [7, 11) is 1.38. The van der Waals surface area contributed by atoms with Crippen LogP contribution in [0.15, 0.2) is 52.1 Å². The number of benzene rings is 2. The van der Waals surface area contributed by atoms with E-state index in [1.165, 1.54) is 17.7 Å². The quantitative estimate of drug-likeness (QED) is 0.407. The lowest BCUT2D eigenvalue weighted by molar-refractivity contribution is -0.137. The number of aliphatic hydroxyl groups is 1. The van der Waals surface area contributed by atoms with Crippen LogP contribution in [0.5, 0.6) is 11.8 Å². The summed E-state index contributed by atoms with van der Waals surface area (Å²) < 4.78 is 49.0. The summed E-state index contributed by atoms with van der Waals surface area (Å²) in [4.78, 5) is 30.1. The van der Waals surface area contributed by atoms with Gasteiger partial charge in [0.25, 0.3) is 5.56 Å². The zero-order chi connectivity index (χ0) is 25.5. The van der Waals surface area contributed by atoms with Crippen LogP contribution < -0.4 is 16.0 Å². The van der Waals surface area contributed by atoms with Crippen molar-refractivity contribution in [2.75, 3.05) is 6.61 Å². The van der Waals surface area contributed by atoms with Gasteiger partial charge >= 0.3 is 17.9 Å². The van der Waals surface area contributed by atoms with Crippen LogP contribution in [0.25, 0.3) is 11.2 Å². The molecule has 8 nitrogen and oxygen atoms in total.